The summed E-state index contributed by atoms with van der Waals surface area (Å²) in [5, 5.41) is 0. The number of carbonyl (C=O) groups excluding carboxylic acids is 1. The number of hydrogen-bond acceptors (Lipinski definition) is 3. The van der Waals surface area contributed by atoms with Crippen molar-refractivity contribution < 1.29 is 9.53 Å². The summed E-state index contributed by atoms with van der Waals surface area (Å²) in [7, 11) is 0. The van der Waals surface area contributed by atoms with Crippen molar-refractivity contribution in [3.05, 3.63) is 64.7 Å². The second kappa shape index (κ2) is 7.63. The lowest BCUT2D eigenvalue weighted by atomic mass is 9.77. The molecule has 0 aromatic heterocycles. The number of likely N-dealkylation sites (tertiary alicyclic amines) is 1. The lowest BCUT2D eigenvalue weighted by Gasteiger charge is -2.25. The van der Waals surface area contributed by atoms with Gasteiger partial charge in [0.1, 0.15) is 18.1 Å². The molecule has 2 aliphatic rings. The highest BCUT2D eigenvalue weighted by atomic mass is 16.5. The first-order chi connectivity index (χ1) is 12.7. The quantitative estimate of drug-likeness (QED) is 0.813. The summed E-state index contributed by atoms with van der Waals surface area (Å²) in [5.41, 5.74) is 4.83. The number of nitrogens with zero attached hydrogens (tertiary/aromatic N) is 1. The van der Waals surface area contributed by atoms with Gasteiger partial charge in [-0.2, -0.15) is 0 Å². The van der Waals surface area contributed by atoms with Gasteiger partial charge in [0.15, 0.2) is 0 Å². The average molecular weight is 349 g/mol. The molecular formula is C23H27NO2. The maximum absolute atomic E-state index is 12.6. The van der Waals surface area contributed by atoms with Crippen LogP contribution in [0.3, 0.4) is 0 Å². The van der Waals surface area contributed by atoms with Gasteiger partial charge >= 0.3 is 0 Å². The molecular weight excluding hydrogens is 322 g/mol. The number of carbonyl (C=O) groups is 1. The number of Topliss-reactive ketones (excluding diaryl/α,β-unsaturated/α-hetero) is 1. The Kier molecular flexibility index (Phi) is 5.07. The molecule has 1 aliphatic heterocycles. The van der Waals surface area contributed by atoms with E-state index in [2.05, 4.69) is 42.2 Å². The molecule has 1 fully saturated rings. The van der Waals surface area contributed by atoms with Crippen LogP contribution in [0, 0.1) is 6.92 Å². The Morgan fingerprint density at radius 3 is 2.58 bits per heavy atom. The third kappa shape index (κ3) is 3.68. The van der Waals surface area contributed by atoms with Gasteiger partial charge in [0.05, 0.1) is 5.92 Å². The van der Waals surface area contributed by atoms with Crippen LogP contribution < -0.4 is 4.74 Å². The molecule has 3 nitrogen and oxygen atoms in total. The van der Waals surface area contributed by atoms with Crippen LogP contribution in [0.15, 0.2) is 42.5 Å². The van der Waals surface area contributed by atoms with Gasteiger partial charge in [-0.3, -0.25) is 9.69 Å². The van der Waals surface area contributed by atoms with E-state index in [1.54, 1.807) is 0 Å². The molecule has 2 aromatic rings. The van der Waals surface area contributed by atoms with Gasteiger partial charge in [0.2, 0.25) is 0 Å². The fraction of sp³-hybridized carbons (Fsp3) is 0.435. The van der Waals surface area contributed by atoms with Crippen LogP contribution in [0.25, 0.3) is 0 Å². The third-order valence-electron chi connectivity index (χ3n) is 5.66. The smallest absolute Gasteiger partial charge is 0.145 e. The second-order valence-electron chi connectivity index (χ2n) is 7.57. The highest BCUT2D eigenvalue weighted by Crippen LogP contribution is 2.35. The first-order valence-electron chi connectivity index (χ1n) is 9.78. The molecule has 0 N–H and O–H groups in total. The molecule has 0 amide bonds. The van der Waals surface area contributed by atoms with E-state index in [0.29, 0.717) is 12.2 Å². The number of rotatable bonds is 5. The van der Waals surface area contributed by atoms with Crippen molar-refractivity contribution in [3.63, 3.8) is 0 Å². The molecule has 1 atom stereocenters. The summed E-state index contributed by atoms with van der Waals surface area (Å²) in [6.07, 6.45) is 4.12. The Morgan fingerprint density at radius 2 is 1.81 bits per heavy atom. The van der Waals surface area contributed by atoms with Crippen LogP contribution in [-0.4, -0.2) is 36.9 Å². The van der Waals surface area contributed by atoms with Crippen molar-refractivity contribution in [2.24, 2.45) is 0 Å². The molecule has 4 rings (SSSR count). The van der Waals surface area contributed by atoms with E-state index in [0.717, 1.165) is 30.9 Å². The summed E-state index contributed by atoms with van der Waals surface area (Å²) in [6, 6.07) is 14.6. The van der Waals surface area contributed by atoms with Gasteiger partial charge in [0, 0.05) is 13.0 Å². The van der Waals surface area contributed by atoms with E-state index in [1.165, 1.54) is 42.6 Å². The van der Waals surface area contributed by atoms with Crippen molar-refractivity contribution in [3.8, 4) is 5.75 Å². The standard InChI is InChI=1S/C23H27NO2/c1-17-4-10-21-19(16-17)7-11-22(25)23(21)18-5-8-20(9-6-18)26-15-14-24-12-2-3-13-24/h4-6,8-10,16,23H,2-3,7,11-15H2,1H3. The number of ketones is 1. The van der Waals surface area contributed by atoms with E-state index in [9.17, 15) is 4.79 Å². The van der Waals surface area contributed by atoms with E-state index in [4.69, 9.17) is 4.74 Å². The van der Waals surface area contributed by atoms with E-state index in [-0.39, 0.29) is 5.92 Å². The van der Waals surface area contributed by atoms with Gasteiger partial charge < -0.3 is 4.74 Å². The summed E-state index contributed by atoms with van der Waals surface area (Å²) in [4.78, 5) is 15.1. The Morgan fingerprint density at radius 1 is 1.04 bits per heavy atom. The number of benzene rings is 2. The van der Waals surface area contributed by atoms with Gasteiger partial charge in [0.25, 0.3) is 0 Å². The van der Waals surface area contributed by atoms with Crippen LogP contribution in [0.1, 0.15) is 47.4 Å². The van der Waals surface area contributed by atoms with E-state index in [1.807, 2.05) is 12.1 Å². The second-order valence-corrected chi connectivity index (χ2v) is 7.57. The minimum Gasteiger partial charge on any atom is -0.492 e. The van der Waals surface area contributed by atoms with Crippen LogP contribution in [0.4, 0.5) is 0 Å². The molecule has 1 unspecified atom stereocenters. The zero-order valence-electron chi connectivity index (χ0n) is 15.5. The fourth-order valence-electron chi connectivity index (χ4n) is 4.23. The molecule has 1 heterocycles. The van der Waals surface area contributed by atoms with Crippen molar-refractivity contribution in [2.75, 3.05) is 26.2 Å². The Labute approximate surface area is 156 Å². The Bertz CT molecular complexity index is 775. The summed E-state index contributed by atoms with van der Waals surface area (Å²) >= 11 is 0. The number of ether oxygens (including phenoxy) is 1. The van der Waals surface area contributed by atoms with Gasteiger partial charge in [-0.05, 0) is 68.1 Å². The van der Waals surface area contributed by atoms with Crippen molar-refractivity contribution >= 4 is 5.78 Å². The van der Waals surface area contributed by atoms with Gasteiger partial charge in [-0.15, -0.1) is 0 Å². The van der Waals surface area contributed by atoms with Crippen LogP contribution in [-0.2, 0) is 11.2 Å². The highest BCUT2D eigenvalue weighted by molar-refractivity contribution is 5.91. The zero-order valence-corrected chi connectivity index (χ0v) is 15.5. The first-order valence-corrected chi connectivity index (χ1v) is 9.78. The predicted octanol–water partition coefficient (Wildman–Crippen LogP) is 4.12. The fourth-order valence-corrected chi connectivity index (χ4v) is 4.23. The summed E-state index contributed by atoms with van der Waals surface area (Å²) in [5.74, 6) is 1.09. The average Bonchev–Trinajstić information content (AvgIpc) is 3.16. The molecule has 1 saturated heterocycles. The first kappa shape index (κ1) is 17.3. The molecule has 0 saturated carbocycles. The van der Waals surface area contributed by atoms with Crippen LogP contribution in [0.2, 0.25) is 0 Å². The van der Waals surface area contributed by atoms with Gasteiger partial charge in [-0.1, -0.05) is 35.9 Å². The van der Waals surface area contributed by atoms with Crippen LogP contribution in [0.5, 0.6) is 5.75 Å². The number of fused-ring (bicyclic) bond motifs is 1. The number of hydrogen-bond donors (Lipinski definition) is 0. The number of aryl methyl sites for hydroxylation is 2. The van der Waals surface area contributed by atoms with Crippen molar-refractivity contribution in [1.82, 2.24) is 4.90 Å². The molecule has 0 bridgehead atoms. The molecule has 2 aromatic carbocycles. The van der Waals surface area contributed by atoms with E-state index >= 15 is 0 Å². The Hall–Kier alpha value is -2.13. The minimum atomic E-state index is -0.127. The minimum absolute atomic E-state index is 0.127. The molecule has 3 heteroatoms. The third-order valence-corrected chi connectivity index (χ3v) is 5.66. The maximum atomic E-state index is 12.6. The lowest BCUT2D eigenvalue weighted by molar-refractivity contribution is -0.120. The maximum Gasteiger partial charge on any atom is 0.145 e. The Balaban J connectivity index is 1.45. The molecule has 1 aliphatic carbocycles. The SMILES string of the molecule is Cc1ccc2c(c1)CCC(=O)C2c1ccc(OCCN2CCCC2)cc1. The highest BCUT2D eigenvalue weighted by Gasteiger charge is 2.28. The summed E-state index contributed by atoms with van der Waals surface area (Å²) < 4.78 is 5.90. The van der Waals surface area contributed by atoms with Crippen molar-refractivity contribution in [2.45, 2.75) is 38.5 Å². The zero-order chi connectivity index (χ0) is 17.9. The molecule has 136 valence electrons. The van der Waals surface area contributed by atoms with Gasteiger partial charge in [-0.25, -0.2) is 0 Å². The topological polar surface area (TPSA) is 29.5 Å². The van der Waals surface area contributed by atoms with Crippen LogP contribution >= 0.6 is 0 Å². The lowest BCUT2D eigenvalue weighted by Crippen LogP contribution is -2.25. The largest absolute Gasteiger partial charge is 0.492 e. The molecule has 26 heavy (non-hydrogen) atoms. The molecule has 0 spiro atoms. The van der Waals surface area contributed by atoms with Crippen molar-refractivity contribution in [1.29, 1.82) is 0 Å². The predicted molar refractivity (Wildman–Crippen MR) is 104 cm³/mol. The monoisotopic (exact) mass is 349 g/mol. The summed E-state index contributed by atoms with van der Waals surface area (Å²) in [6.45, 7) is 6.23. The van der Waals surface area contributed by atoms with E-state index < -0.39 is 0 Å². The normalized spacial score (nSPS) is 20.2. The molecule has 0 radical (unpaired) electrons.